The molecule has 0 aliphatic rings. The van der Waals surface area contributed by atoms with E-state index in [0.29, 0.717) is 19.1 Å². The van der Waals surface area contributed by atoms with Gasteiger partial charge in [0.15, 0.2) is 0 Å². The lowest BCUT2D eigenvalue weighted by atomic mass is 10.1. The first-order valence-corrected chi connectivity index (χ1v) is 5.79. The number of aliphatic hydroxyl groups is 1. The first-order valence-electron chi connectivity index (χ1n) is 5.41. The van der Waals surface area contributed by atoms with Crippen LogP contribution in [0.3, 0.4) is 0 Å². The number of ether oxygens (including phenoxy) is 1. The molecule has 2 N–H and O–H groups in total. The average Bonchev–Trinajstić information content (AvgIpc) is 2.22. The number of anilines is 1. The lowest BCUT2D eigenvalue weighted by Gasteiger charge is -2.17. The molecule has 17 heavy (non-hydrogen) atoms. The first-order chi connectivity index (χ1) is 7.90. The molecule has 0 aliphatic carbocycles. The van der Waals surface area contributed by atoms with Crippen LogP contribution in [0.1, 0.15) is 27.2 Å². The van der Waals surface area contributed by atoms with E-state index in [-0.39, 0.29) is 11.3 Å². The van der Waals surface area contributed by atoms with Crippen LogP contribution in [0.15, 0.2) is 0 Å². The van der Waals surface area contributed by atoms with Gasteiger partial charge in [-0.2, -0.15) is 15.0 Å². The molecule has 7 heteroatoms. The highest BCUT2D eigenvalue weighted by Gasteiger charge is 2.13. The molecule has 0 fully saturated rings. The van der Waals surface area contributed by atoms with Gasteiger partial charge >= 0.3 is 6.01 Å². The maximum absolute atomic E-state index is 9.56. The Morgan fingerprint density at radius 3 is 2.65 bits per heavy atom. The molecule has 0 atom stereocenters. The van der Waals surface area contributed by atoms with Gasteiger partial charge in [-0.15, -0.1) is 0 Å². The van der Waals surface area contributed by atoms with Crippen LogP contribution in [-0.2, 0) is 0 Å². The van der Waals surface area contributed by atoms with E-state index >= 15 is 0 Å². The van der Waals surface area contributed by atoms with Crippen LogP contribution in [-0.4, -0.2) is 38.8 Å². The van der Waals surface area contributed by atoms with E-state index in [1.54, 1.807) is 13.8 Å². The number of nitrogens with zero attached hydrogens (tertiary/aromatic N) is 3. The summed E-state index contributed by atoms with van der Waals surface area (Å²) in [7, 11) is 0. The summed E-state index contributed by atoms with van der Waals surface area (Å²) < 4.78 is 5.26. The first kappa shape index (κ1) is 13.9. The van der Waals surface area contributed by atoms with Crippen LogP contribution >= 0.6 is 11.6 Å². The molecule has 1 rings (SSSR count). The molecule has 0 aromatic carbocycles. The Hall–Kier alpha value is -1.14. The van der Waals surface area contributed by atoms with E-state index in [4.69, 9.17) is 16.3 Å². The van der Waals surface area contributed by atoms with Crippen molar-refractivity contribution in [2.24, 2.45) is 0 Å². The van der Waals surface area contributed by atoms with Crippen LogP contribution in [0.2, 0.25) is 5.28 Å². The molecule has 0 saturated heterocycles. The summed E-state index contributed by atoms with van der Waals surface area (Å²) in [5.41, 5.74) is -0.858. The van der Waals surface area contributed by atoms with Crippen molar-refractivity contribution in [1.82, 2.24) is 15.0 Å². The molecule has 0 unspecified atom stereocenters. The molecule has 1 aromatic rings. The van der Waals surface area contributed by atoms with Gasteiger partial charge < -0.3 is 15.2 Å². The quantitative estimate of drug-likeness (QED) is 0.807. The molecule has 0 bridgehead atoms. The maximum Gasteiger partial charge on any atom is 0.322 e. The van der Waals surface area contributed by atoms with Crippen LogP contribution in [0.5, 0.6) is 6.01 Å². The summed E-state index contributed by atoms with van der Waals surface area (Å²) in [5, 5.41) is 12.5. The summed E-state index contributed by atoms with van der Waals surface area (Å²) in [6.07, 6.45) is 0.857. The van der Waals surface area contributed by atoms with Crippen LogP contribution in [0, 0.1) is 0 Å². The molecule has 0 amide bonds. The third-order valence-electron chi connectivity index (χ3n) is 1.70. The molecule has 0 aliphatic heterocycles. The molecule has 0 saturated carbocycles. The molecule has 0 radical (unpaired) electrons. The SMILES string of the molecule is CCCOc1nc(Cl)nc(NCC(C)(C)O)n1. The Balaban J connectivity index is 2.68. The van der Waals surface area contributed by atoms with Crippen molar-refractivity contribution in [1.29, 1.82) is 0 Å². The zero-order valence-electron chi connectivity index (χ0n) is 10.2. The summed E-state index contributed by atoms with van der Waals surface area (Å²) in [4.78, 5) is 11.7. The summed E-state index contributed by atoms with van der Waals surface area (Å²) >= 11 is 5.73. The summed E-state index contributed by atoms with van der Waals surface area (Å²) in [6.45, 7) is 6.16. The highest BCUT2D eigenvalue weighted by molar-refractivity contribution is 6.28. The number of halogens is 1. The van der Waals surface area contributed by atoms with Gasteiger partial charge in [0.1, 0.15) is 0 Å². The van der Waals surface area contributed by atoms with Gasteiger partial charge in [0.25, 0.3) is 0 Å². The summed E-state index contributed by atoms with van der Waals surface area (Å²) in [6, 6.07) is 0.185. The third kappa shape index (κ3) is 5.65. The van der Waals surface area contributed by atoms with Crippen molar-refractivity contribution >= 4 is 17.5 Å². The lowest BCUT2D eigenvalue weighted by molar-refractivity contribution is 0.0943. The predicted octanol–water partition coefficient (Wildman–Crippen LogP) is 1.50. The fraction of sp³-hybridized carbons (Fsp3) is 0.700. The van der Waals surface area contributed by atoms with E-state index in [9.17, 15) is 5.11 Å². The Morgan fingerprint density at radius 2 is 2.06 bits per heavy atom. The van der Waals surface area contributed by atoms with E-state index < -0.39 is 5.60 Å². The van der Waals surface area contributed by atoms with Gasteiger partial charge in [-0.25, -0.2) is 0 Å². The van der Waals surface area contributed by atoms with Crippen molar-refractivity contribution in [2.75, 3.05) is 18.5 Å². The van der Waals surface area contributed by atoms with Crippen molar-refractivity contribution < 1.29 is 9.84 Å². The Morgan fingerprint density at radius 1 is 1.35 bits per heavy atom. The zero-order valence-corrected chi connectivity index (χ0v) is 11.0. The van der Waals surface area contributed by atoms with Gasteiger partial charge in [-0.1, -0.05) is 6.92 Å². The van der Waals surface area contributed by atoms with E-state index in [1.807, 2.05) is 6.92 Å². The number of aromatic nitrogens is 3. The maximum atomic E-state index is 9.56. The molecular formula is C10H17ClN4O2. The smallest absolute Gasteiger partial charge is 0.322 e. The van der Waals surface area contributed by atoms with Gasteiger partial charge in [-0.3, -0.25) is 0 Å². The molecular weight excluding hydrogens is 244 g/mol. The van der Waals surface area contributed by atoms with Gasteiger partial charge in [0.2, 0.25) is 11.2 Å². The number of hydrogen-bond donors (Lipinski definition) is 2. The second-order valence-electron chi connectivity index (χ2n) is 4.23. The fourth-order valence-electron chi connectivity index (χ4n) is 0.964. The van der Waals surface area contributed by atoms with Crippen molar-refractivity contribution in [3.8, 4) is 6.01 Å². The topological polar surface area (TPSA) is 80.2 Å². The molecule has 96 valence electrons. The van der Waals surface area contributed by atoms with E-state index in [1.165, 1.54) is 0 Å². The van der Waals surface area contributed by atoms with Crippen LogP contribution in [0.25, 0.3) is 0 Å². The monoisotopic (exact) mass is 260 g/mol. The highest BCUT2D eigenvalue weighted by atomic mass is 35.5. The van der Waals surface area contributed by atoms with Crippen molar-refractivity contribution in [3.05, 3.63) is 5.28 Å². The normalized spacial score (nSPS) is 11.4. The minimum absolute atomic E-state index is 0.0596. The third-order valence-corrected chi connectivity index (χ3v) is 1.87. The summed E-state index contributed by atoms with van der Waals surface area (Å²) in [5.74, 6) is 0.290. The Labute approximate surface area is 105 Å². The minimum Gasteiger partial charge on any atom is -0.463 e. The average molecular weight is 261 g/mol. The minimum atomic E-state index is -0.858. The zero-order chi connectivity index (χ0) is 12.9. The van der Waals surface area contributed by atoms with Crippen LogP contribution < -0.4 is 10.1 Å². The van der Waals surface area contributed by atoms with Gasteiger partial charge in [0, 0.05) is 6.54 Å². The van der Waals surface area contributed by atoms with E-state index in [0.717, 1.165) is 6.42 Å². The second-order valence-corrected chi connectivity index (χ2v) is 4.56. The number of nitrogens with one attached hydrogen (secondary N) is 1. The molecule has 6 nitrogen and oxygen atoms in total. The highest BCUT2D eigenvalue weighted by Crippen LogP contribution is 2.12. The van der Waals surface area contributed by atoms with E-state index in [2.05, 4.69) is 20.3 Å². The Kier molecular flexibility index (Phi) is 4.89. The molecule has 0 spiro atoms. The van der Waals surface area contributed by atoms with Crippen molar-refractivity contribution in [3.63, 3.8) is 0 Å². The van der Waals surface area contributed by atoms with Gasteiger partial charge in [0.05, 0.1) is 12.2 Å². The lowest BCUT2D eigenvalue weighted by Crippen LogP contribution is -2.30. The van der Waals surface area contributed by atoms with Gasteiger partial charge in [-0.05, 0) is 31.9 Å². The standard InChI is InChI=1S/C10H17ClN4O2/c1-4-5-17-9-14-7(11)13-8(15-9)12-6-10(2,3)16/h16H,4-6H2,1-3H3,(H,12,13,14,15). The van der Waals surface area contributed by atoms with Crippen LogP contribution in [0.4, 0.5) is 5.95 Å². The largest absolute Gasteiger partial charge is 0.463 e. The predicted molar refractivity (Wildman–Crippen MR) is 65.4 cm³/mol. The fourth-order valence-corrected chi connectivity index (χ4v) is 1.12. The van der Waals surface area contributed by atoms with Crippen molar-refractivity contribution in [2.45, 2.75) is 32.8 Å². The second kappa shape index (κ2) is 5.97. The number of rotatable bonds is 6. The number of hydrogen-bond acceptors (Lipinski definition) is 6. The molecule has 1 heterocycles. The Bertz CT molecular complexity index is 368. The molecule has 1 aromatic heterocycles.